The topological polar surface area (TPSA) is 131 Å². The molecular weight excluding hydrogens is 298 g/mol. The number of carbonyl (C=O) groups excluding carboxylic acids is 3. The van der Waals surface area contributed by atoms with Crippen molar-refractivity contribution in [2.45, 2.75) is 0 Å². The van der Waals surface area contributed by atoms with Crippen molar-refractivity contribution in [1.29, 1.82) is 0 Å². The zero-order valence-corrected chi connectivity index (χ0v) is 11.9. The van der Waals surface area contributed by atoms with Crippen LogP contribution in [0, 0.1) is 0 Å². The Bertz CT molecular complexity index is 678. The number of amidine groups is 1. The molecule has 2 amide bonds. The number of imidazole rings is 1. The standard InChI is InChI=1S/C11H11N5O4S/c1-16-10(19)5(3-6(17)20-2)21-11(16)15-9-7(8(12)18)13-4-14-9/h3-4H,1-2H3,(H2,12,18)(H,13,14)/b5-3+,15-11-. The van der Waals surface area contributed by atoms with Crippen molar-refractivity contribution in [3.05, 3.63) is 23.0 Å². The van der Waals surface area contributed by atoms with Gasteiger partial charge in [-0.3, -0.25) is 14.5 Å². The van der Waals surface area contributed by atoms with Crippen molar-refractivity contribution in [3.63, 3.8) is 0 Å². The summed E-state index contributed by atoms with van der Waals surface area (Å²) in [5.41, 5.74) is 5.20. The summed E-state index contributed by atoms with van der Waals surface area (Å²) in [7, 11) is 2.70. The Labute approximate surface area is 123 Å². The number of esters is 1. The maximum atomic E-state index is 11.9. The maximum Gasteiger partial charge on any atom is 0.331 e. The highest BCUT2D eigenvalue weighted by atomic mass is 32.2. The average Bonchev–Trinajstić information content (AvgIpc) is 3.00. The van der Waals surface area contributed by atoms with Crippen LogP contribution in [-0.2, 0) is 14.3 Å². The number of nitrogens with zero attached hydrogens (tertiary/aromatic N) is 3. The normalized spacial score (nSPS) is 18.6. The third kappa shape index (κ3) is 2.94. The van der Waals surface area contributed by atoms with E-state index in [0.717, 1.165) is 17.8 Å². The smallest absolute Gasteiger partial charge is 0.331 e. The Morgan fingerprint density at radius 3 is 2.90 bits per heavy atom. The SMILES string of the molecule is COC(=O)/C=C1/S/C(=N\c2nc[nH]c2C(N)=O)N(C)C1=O. The van der Waals surface area contributed by atoms with Gasteiger partial charge in [-0.05, 0) is 11.8 Å². The molecule has 1 aromatic rings. The molecule has 1 fully saturated rings. The van der Waals surface area contributed by atoms with Gasteiger partial charge >= 0.3 is 5.97 Å². The van der Waals surface area contributed by atoms with E-state index in [1.54, 1.807) is 0 Å². The Kier molecular flexibility index (Phi) is 4.08. The summed E-state index contributed by atoms with van der Waals surface area (Å²) in [6.45, 7) is 0. The van der Waals surface area contributed by atoms with E-state index in [0.29, 0.717) is 0 Å². The molecule has 9 nitrogen and oxygen atoms in total. The third-order valence-corrected chi connectivity index (χ3v) is 3.58. The number of ether oxygens (including phenoxy) is 1. The van der Waals surface area contributed by atoms with E-state index in [-0.39, 0.29) is 21.6 Å². The first-order valence-corrected chi connectivity index (χ1v) is 6.43. The molecule has 0 aromatic carbocycles. The van der Waals surface area contributed by atoms with Crippen molar-refractivity contribution in [3.8, 4) is 0 Å². The Morgan fingerprint density at radius 1 is 1.57 bits per heavy atom. The van der Waals surface area contributed by atoms with Crippen LogP contribution in [0.1, 0.15) is 10.5 Å². The molecule has 1 aromatic heterocycles. The van der Waals surface area contributed by atoms with Gasteiger partial charge in [-0.1, -0.05) is 0 Å². The molecule has 1 saturated heterocycles. The van der Waals surface area contributed by atoms with Crippen LogP contribution < -0.4 is 5.73 Å². The fraction of sp³-hybridized carbons (Fsp3) is 0.182. The van der Waals surface area contributed by atoms with Gasteiger partial charge in [0.1, 0.15) is 0 Å². The van der Waals surface area contributed by atoms with Crippen LogP contribution in [0.3, 0.4) is 0 Å². The van der Waals surface area contributed by atoms with E-state index >= 15 is 0 Å². The number of nitrogens with two attached hydrogens (primary N) is 1. The number of aliphatic imine (C=N–C) groups is 1. The van der Waals surface area contributed by atoms with Crippen LogP contribution in [-0.4, -0.2) is 52.0 Å². The van der Waals surface area contributed by atoms with Gasteiger partial charge in [-0.25, -0.2) is 14.8 Å². The number of amides is 2. The van der Waals surface area contributed by atoms with Crippen LogP contribution in [0.2, 0.25) is 0 Å². The second kappa shape index (κ2) is 5.79. The number of nitrogens with one attached hydrogen (secondary N) is 1. The summed E-state index contributed by atoms with van der Waals surface area (Å²) in [5.74, 6) is -1.68. The molecule has 0 saturated carbocycles. The van der Waals surface area contributed by atoms with Crippen LogP contribution in [0.4, 0.5) is 5.82 Å². The highest BCUT2D eigenvalue weighted by Crippen LogP contribution is 2.31. The summed E-state index contributed by atoms with van der Waals surface area (Å²) >= 11 is 0.970. The molecule has 1 aliphatic rings. The van der Waals surface area contributed by atoms with Crippen molar-refractivity contribution in [2.24, 2.45) is 10.7 Å². The van der Waals surface area contributed by atoms with E-state index in [1.807, 2.05) is 0 Å². The summed E-state index contributed by atoms with van der Waals surface area (Å²) < 4.78 is 4.47. The van der Waals surface area contributed by atoms with E-state index < -0.39 is 17.8 Å². The number of primary amides is 1. The second-order valence-electron chi connectivity index (χ2n) is 3.86. The molecule has 21 heavy (non-hydrogen) atoms. The van der Waals surface area contributed by atoms with E-state index in [1.165, 1.54) is 25.4 Å². The number of likely N-dealkylation sites (N-methyl/N-ethyl adjacent to an activating group) is 1. The molecule has 110 valence electrons. The minimum Gasteiger partial charge on any atom is -0.466 e. The molecule has 10 heteroatoms. The predicted octanol–water partition coefficient (Wildman–Crippen LogP) is -0.242. The number of aromatic nitrogens is 2. The number of thioether (sulfide) groups is 1. The molecule has 3 N–H and O–H groups in total. The van der Waals surface area contributed by atoms with Gasteiger partial charge in [-0.15, -0.1) is 0 Å². The van der Waals surface area contributed by atoms with Gasteiger partial charge in [0.25, 0.3) is 11.8 Å². The van der Waals surface area contributed by atoms with Gasteiger partial charge in [0.2, 0.25) is 0 Å². The minimum absolute atomic E-state index is 0.0364. The minimum atomic E-state index is -0.714. The van der Waals surface area contributed by atoms with Crippen molar-refractivity contribution >= 4 is 40.5 Å². The largest absolute Gasteiger partial charge is 0.466 e. The van der Waals surface area contributed by atoms with E-state index in [4.69, 9.17) is 5.73 Å². The number of hydrogen-bond acceptors (Lipinski definition) is 7. The lowest BCUT2D eigenvalue weighted by Crippen LogP contribution is -2.24. The van der Waals surface area contributed by atoms with Crippen LogP contribution in [0.5, 0.6) is 0 Å². The fourth-order valence-corrected chi connectivity index (χ4v) is 2.39. The molecule has 2 rings (SSSR count). The van der Waals surface area contributed by atoms with Crippen LogP contribution >= 0.6 is 11.8 Å². The van der Waals surface area contributed by atoms with Gasteiger partial charge in [0, 0.05) is 13.1 Å². The number of carbonyl (C=O) groups is 3. The van der Waals surface area contributed by atoms with E-state index in [2.05, 4.69) is 19.7 Å². The predicted molar refractivity (Wildman–Crippen MR) is 74.7 cm³/mol. The zero-order chi connectivity index (χ0) is 15.6. The number of rotatable bonds is 3. The molecule has 1 aliphatic heterocycles. The number of aromatic amines is 1. The summed E-state index contributed by atoms with van der Waals surface area (Å²) in [4.78, 5) is 46.2. The Hall–Kier alpha value is -2.62. The molecule has 2 heterocycles. The van der Waals surface area contributed by atoms with Crippen molar-refractivity contribution < 1.29 is 19.1 Å². The third-order valence-electron chi connectivity index (χ3n) is 2.52. The van der Waals surface area contributed by atoms with Gasteiger partial charge in [0.15, 0.2) is 16.7 Å². The monoisotopic (exact) mass is 309 g/mol. The molecule has 0 bridgehead atoms. The molecule has 0 spiro atoms. The van der Waals surface area contributed by atoms with Crippen molar-refractivity contribution in [1.82, 2.24) is 14.9 Å². The first-order valence-electron chi connectivity index (χ1n) is 5.61. The van der Waals surface area contributed by atoms with Crippen LogP contribution in [0.25, 0.3) is 0 Å². The lowest BCUT2D eigenvalue weighted by molar-refractivity contribution is -0.135. The van der Waals surface area contributed by atoms with Gasteiger partial charge in [0.05, 0.1) is 18.3 Å². The molecular formula is C11H11N5O4S. The first-order chi connectivity index (χ1) is 9.93. The fourth-order valence-electron chi connectivity index (χ4n) is 1.46. The number of H-pyrrole nitrogens is 1. The summed E-state index contributed by atoms with van der Waals surface area (Å²) in [5, 5.41) is 0.268. The summed E-state index contributed by atoms with van der Waals surface area (Å²) in [6, 6.07) is 0. The average molecular weight is 309 g/mol. The Balaban J connectivity index is 2.33. The van der Waals surface area contributed by atoms with Gasteiger partial charge < -0.3 is 15.5 Å². The quantitative estimate of drug-likeness (QED) is 0.585. The summed E-state index contributed by atoms with van der Waals surface area (Å²) in [6.07, 6.45) is 2.34. The highest BCUT2D eigenvalue weighted by molar-refractivity contribution is 8.18. The molecule has 0 aliphatic carbocycles. The molecule has 0 radical (unpaired) electrons. The lowest BCUT2D eigenvalue weighted by Gasteiger charge is -2.06. The second-order valence-corrected chi connectivity index (χ2v) is 4.87. The zero-order valence-electron chi connectivity index (χ0n) is 11.1. The lowest BCUT2D eigenvalue weighted by atomic mass is 10.4. The Morgan fingerprint density at radius 2 is 2.29 bits per heavy atom. The van der Waals surface area contributed by atoms with Crippen LogP contribution in [0.15, 0.2) is 22.3 Å². The number of hydrogen-bond donors (Lipinski definition) is 2. The maximum absolute atomic E-state index is 11.9. The number of methoxy groups -OCH3 is 1. The van der Waals surface area contributed by atoms with Crippen molar-refractivity contribution in [2.75, 3.05) is 14.2 Å². The highest BCUT2D eigenvalue weighted by Gasteiger charge is 2.31. The van der Waals surface area contributed by atoms with E-state index in [9.17, 15) is 14.4 Å². The first kappa shape index (κ1) is 14.8. The van der Waals surface area contributed by atoms with Gasteiger partial charge in [-0.2, -0.15) is 0 Å². The molecule has 0 unspecified atom stereocenters. The molecule has 0 atom stereocenters.